The minimum Gasteiger partial charge on any atom is -0.357 e. The Morgan fingerprint density at radius 1 is 1.25 bits per heavy atom. The van der Waals surface area contributed by atoms with Crippen LogP contribution in [-0.4, -0.2) is 45.6 Å². The Kier molecular flexibility index (Phi) is 9.44. The van der Waals surface area contributed by atoms with E-state index in [4.69, 9.17) is 0 Å². The summed E-state index contributed by atoms with van der Waals surface area (Å²) in [4.78, 5) is 5.91. The fraction of sp³-hybridized carbons (Fsp3) is 0.611. The van der Waals surface area contributed by atoms with Crippen LogP contribution in [0.25, 0.3) is 0 Å². The molecule has 24 heavy (non-hydrogen) atoms. The highest BCUT2D eigenvalue weighted by Crippen LogP contribution is 2.22. The van der Waals surface area contributed by atoms with Gasteiger partial charge in [-0.3, -0.25) is 9.20 Å². The second-order valence-electron chi connectivity index (χ2n) is 6.55. The molecule has 0 aromatic heterocycles. The first-order valence-corrected chi connectivity index (χ1v) is 10.6. The van der Waals surface area contributed by atoms with Gasteiger partial charge in [-0.25, -0.2) is 0 Å². The average molecular weight is 370 g/mol. The number of nitrogens with one attached hydrogen (secondary N) is 2. The van der Waals surface area contributed by atoms with E-state index in [-0.39, 0.29) is 4.75 Å². The van der Waals surface area contributed by atoms with Crippen LogP contribution < -0.4 is 10.6 Å². The molecular weight excluding hydrogens is 338 g/mol. The van der Waals surface area contributed by atoms with Gasteiger partial charge >= 0.3 is 0 Å². The lowest BCUT2D eigenvalue weighted by Gasteiger charge is -2.18. The molecule has 0 radical (unpaired) electrons. The van der Waals surface area contributed by atoms with Crippen LogP contribution >= 0.6 is 11.8 Å². The smallest absolute Gasteiger partial charge is 0.191 e. The van der Waals surface area contributed by atoms with Gasteiger partial charge in [-0.2, -0.15) is 0 Å². The molecule has 136 valence electrons. The van der Waals surface area contributed by atoms with E-state index in [9.17, 15) is 4.21 Å². The fourth-order valence-electron chi connectivity index (χ4n) is 1.90. The van der Waals surface area contributed by atoms with Gasteiger partial charge in [0.25, 0.3) is 0 Å². The highest BCUT2D eigenvalue weighted by Gasteiger charge is 2.18. The molecule has 1 aromatic rings. The first-order chi connectivity index (χ1) is 11.3. The van der Waals surface area contributed by atoms with Gasteiger partial charge in [0.1, 0.15) is 0 Å². The van der Waals surface area contributed by atoms with Crippen molar-refractivity contribution in [3.05, 3.63) is 30.3 Å². The van der Waals surface area contributed by atoms with Crippen molar-refractivity contribution in [1.82, 2.24) is 10.6 Å². The maximum absolute atomic E-state index is 12.1. The summed E-state index contributed by atoms with van der Waals surface area (Å²) in [5, 5.41) is 6.92. The lowest BCUT2D eigenvalue weighted by atomic mass is 10.3. The van der Waals surface area contributed by atoms with Crippen molar-refractivity contribution >= 4 is 28.5 Å². The number of hydrogen-bond donors (Lipinski definition) is 2. The quantitative estimate of drug-likeness (QED) is 0.419. The topological polar surface area (TPSA) is 53.5 Å². The number of hydrogen-bond acceptors (Lipinski definition) is 3. The third-order valence-electron chi connectivity index (χ3n) is 3.19. The van der Waals surface area contributed by atoms with Crippen molar-refractivity contribution in [1.29, 1.82) is 0 Å². The normalized spacial score (nSPS) is 15.0. The predicted octanol–water partition coefficient (Wildman–Crippen LogP) is 3.27. The molecule has 0 saturated heterocycles. The van der Waals surface area contributed by atoms with Crippen LogP contribution in [0, 0.1) is 0 Å². The first-order valence-electron chi connectivity index (χ1n) is 8.45. The maximum Gasteiger partial charge on any atom is 0.191 e. The van der Waals surface area contributed by atoms with Crippen molar-refractivity contribution < 1.29 is 4.21 Å². The number of benzene rings is 1. The van der Waals surface area contributed by atoms with Crippen LogP contribution in [-0.2, 0) is 10.8 Å². The molecule has 0 aliphatic heterocycles. The Bertz CT molecular complexity index is 527. The zero-order chi connectivity index (χ0) is 18.0. The Morgan fingerprint density at radius 2 is 1.92 bits per heavy atom. The van der Waals surface area contributed by atoms with Gasteiger partial charge in [0.2, 0.25) is 0 Å². The molecule has 0 amide bonds. The third-order valence-corrected chi connectivity index (χ3v) is 6.23. The van der Waals surface area contributed by atoms with Gasteiger partial charge in [0.15, 0.2) is 5.96 Å². The monoisotopic (exact) mass is 369 g/mol. The van der Waals surface area contributed by atoms with Gasteiger partial charge in [0, 0.05) is 44.5 Å². The first kappa shape index (κ1) is 21.0. The summed E-state index contributed by atoms with van der Waals surface area (Å²) in [6.45, 7) is 12.5. The summed E-state index contributed by atoms with van der Waals surface area (Å²) < 4.78 is 11.9. The lowest BCUT2D eigenvalue weighted by Crippen LogP contribution is -2.40. The summed E-state index contributed by atoms with van der Waals surface area (Å²) in [5.41, 5.74) is 0. The SMILES string of the molecule is CCNC(=NCC(C)Sc1ccccc1)NCCS(=O)C(C)(C)C. The number of guanidine groups is 1. The summed E-state index contributed by atoms with van der Waals surface area (Å²) in [5.74, 6) is 1.42. The number of thioether (sulfide) groups is 1. The second kappa shape index (κ2) is 10.8. The Labute approximate surface area is 153 Å². The third kappa shape index (κ3) is 8.73. The minimum atomic E-state index is -0.846. The van der Waals surface area contributed by atoms with Crippen molar-refractivity contribution in [2.24, 2.45) is 4.99 Å². The van der Waals surface area contributed by atoms with E-state index in [0.29, 0.717) is 17.5 Å². The van der Waals surface area contributed by atoms with E-state index in [0.717, 1.165) is 19.0 Å². The molecule has 0 heterocycles. The van der Waals surface area contributed by atoms with E-state index >= 15 is 0 Å². The van der Waals surface area contributed by atoms with Gasteiger partial charge in [0.05, 0.1) is 6.54 Å². The summed E-state index contributed by atoms with van der Waals surface area (Å²) in [6.07, 6.45) is 0. The number of nitrogens with zero attached hydrogens (tertiary/aromatic N) is 1. The van der Waals surface area contributed by atoms with Crippen LogP contribution in [0.2, 0.25) is 0 Å². The van der Waals surface area contributed by atoms with E-state index < -0.39 is 10.8 Å². The van der Waals surface area contributed by atoms with Crippen LogP contribution in [0.5, 0.6) is 0 Å². The van der Waals surface area contributed by atoms with E-state index in [1.54, 1.807) is 0 Å². The van der Waals surface area contributed by atoms with Crippen LogP contribution in [0.1, 0.15) is 34.6 Å². The Balaban J connectivity index is 2.45. The van der Waals surface area contributed by atoms with Gasteiger partial charge in [-0.1, -0.05) is 25.1 Å². The summed E-state index contributed by atoms with van der Waals surface area (Å²) >= 11 is 1.82. The summed E-state index contributed by atoms with van der Waals surface area (Å²) in [7, 11) is -0.846. The molecule has 0 fully saturated rings. The van der Waals surface area contributed by atoms with Crippen molar-refractivity contribution in [3.8, 4) is 0 Å². The van der Waals surface area contributed by atoms with E-state index in [1.807, 2.05) is 45.5 Å². The van der Waals surface area contributed by atoms with Gasteiger partial charge in [-0.05, 0) is 39.8 Å². The average Bonchev–Trinajstić information content (AvgIpc) is 2.52. The molecule has 6 heteroatoms. The molecule has 0 bridgehead atoms. The number of aliphatic imine (C=N–C) groups is 1. The number of rotatable bonds is 8. The second-order valence-corrected chi connectivity index (χ2v) is 10.4. The van der Waals surface area contributed by atoms with E-state index in [1.165, 1.54) is 4.90 Å². The highest BCUT2D eigenvalue weighted by molar-refractivity contribution is 8.00. The van der Waals surface area contributed by atoms with Crippen LogP contribution in [0.3, 0.4) is 0 Å². The largest absolute Gasteiger partial charge is 0.357 e. The molecule has 2 atom stereocenters. The van der Waals surface area contributed by atoms with Crippen molar-refractivity contribution in [2.75, 3.05) is 25.4 Å². The minimum absolute atomic E-state index is 0.169. The standard InChI is InChI=1S/C18H31N3OS2/c1-6-19-17(20-12-13-24(22)18(3,4)5)21-14-15(2)23-16-10-8-7-9-11-16/h7-11,15H,6,12-14H2,1-5H3,(H2,19,20,21). The molecule has 0 saturated carbocycles. The van der Waals surface area contributed by atoms with Crippen molar-refractivity contribution in [2.45, 2.75) is 49.5 Å². The Morgan fingerprint density at radius 3 is 2.50 bits per heavy atom. The van der Waals surface area contributed by atoms with Crippen molar-refractivity contribution in [3.63, 3.8) is 0 Å². The molecule has 1 aromatic carbocycles. The lowest BCUT2D eigenvalue weighted by molar-refractivity contribution is 0.647. The molecule has 2 N–H and O–H groups in total. The highest BCUT2D eigenvalue weighted by atomic mass is 32.2. The maximum atomic E-state index is 12.1. The molecular formula is C18H31N3OS2. The van der Waals surface area contributed by atoms with Crippen LogP contribution in [0.15, 0.2) is 40.2 Å². The fourth-order valence-corrected chi connectivity index (χ4v) is 3.73. The van der Waals surface area contributed by atoms with Gasteiger partial charge < -0.3 is 10.6 Å². The molecule has 2 unspecified atom stereocenters. The molecule has 0 aliphatic rings. The molecule has 0 aliphatic carbocycles. The zero-order valence-electron chi connectivity index (χ0n) is 15.5. The summed E-state index contributed by atoms with van der Waals surface area (Å²) in [6, 6.07) is 10.4. The van der Waals surface area contributed by atoms with Gasteiger partial charge in [-0.15, -0.1) is 11.8 Å². The molecule has 4 nitrogen and oxygen atoms in total. The Hall–Kier alpha value is -1.01. The van der Waals surface area contributed by atoms with Crippen LogP contribution in [0.4, 0.5) is 0 Å². The zero-order valence-corrected chi connectivity index (χ0v) is 17.1. The van der Waals surface area contributed by atoms with E-state index in [2.05, 4.69) is 46.8 Å². The molecule has 1 rings (SSSR count). The predicted molar refractivity (Wildman–Crippen MR) is 109 cm³/mol. The molecule has 0 spiro atoms.